The van der Waals surface area contributed by atoms with Gasteiger partial charge in [0.1, 0.15) is 12.2 Å². The van der Waals surface area contributed by atoms with Gasteiger partial charge >= 0.3 is 11.9 Å². The minimum Gasteiger partial charge on any atom is -0.463 e. The molecule has 2 saturated carbocycles. The average molecular weight is 405 g/mol. The number of allylic oxidation sites excluding steroid dienone is 2. The molecule has 29 heavy (non-hydrogen) atoms. The Morgan fingerprint density at radius 3 is 2.41 bits per heavy atom. The molecular formula is C25H40O4. The van der Waals surface area contributed by atoms with Crippen molar-refractivity contribution in [3.05, 3.63) is 11.6 Å². The quantitative estimate of drug-likeness (QED) is 0.436. The molecule has 0 aliphatic heterocycles. The SMILES string of the molecule is CC(=O)O[C@@H]1CC[C@H](OC(C)=O)[C@H](C[C@@]2(C)[C@H](C)CC[C@]3(C)C(C)=CCC[C@H]23)C1. The van der Waals surface area contributed by atoms with Crippen LogP contribution in [0.3, 0.4) is 0 Å². The summed E-state index contributed by atoms with van der Waals surface area (Å²) in [5.74, 6) is 1.12. The number of rotatable bonds is 4. The minimum atomic E-state index is -0.211. The summed E-state index contributed by atoms with van der Waals surface area (Å²) in [6.45, 7) is 12.7. The Labute approximate surface area is 176 Å². The van der Waals surface area contributed by atoms with Crippen molar-refractivity contribution in [2.75, 3.05) is 0 Å². The van der Waals surface area contributed by atoms with Crippen molar-refractivity contribution < 1.29 is 19.1 Å². The first kappa shape index (κ1) is 22.4. The summed E-state index contributed by atoms with van der Waals surface area (Å²) in [5, 5.41) is 0. The number of hydrogen-bond acceptors (Lipinski definition) is 4. The predicted molar refractivity (Wildman–Crippen MR) is 114 cm³/mol. The highest BCUT2D eigenvalue weighted by molar-refractivity contribution is 5.66. The van der Waals surface area contributed by atoms with Crippen LogP contribution in [0, 0.1) is 28.6 Å². The van der Waals surface area contributed by atoms with Gasteiger partial charge in [-0.1, -0.05) is 32.4 Å². The molecule has 0 spiro atoms. The van der Waals surface area contributed by atoms with Crippen LogP contribution in [0.2, 0.25) is 0 Å². The van der Waals surface area contributed by atoms with Gasteiger partial charge in [0.25, 0.3) is 0 Å². The molecule has 4 nitrogen and oxygen atoms in total. The van der Waals surface area contributed by atoms with Crippen molar-refractivity contribution in [1.82, 2.24) is 0 Å². The summed E-state index contributed by atoms with van der Waals surface area (Å²) in [7, 11) is 0. The highest BCUT2D eigenvalue weighted by atomic mass is 16.6. The van der Waals surface area contributed by atoms with Crippen LogP contribution in [0.5, 0.6) is 0 Å². The highest BCUT2D eigenvalue weighted by Gasteiger charge is 2.54. The maximum Gasteiger partial charge on any atom is 0.302 e. The zero-order chi connectivity index (χ0) is 21.4. The number of carbonyl (C=O) groups excluding carboxylic acids is 2. The Balaban J connectivity index is 1.86. The van der Waals surface area contributed by atoms with Crippen molar-refractivity contribution in [2.45, 2.75) is 105 Å². The second-order valence-electron chi connectivity index (χ2n) is 10.5. The van der Waals surface area contributed by atoms with Gasteiger partial charge in [-0.2, -0.15) is 0 Å². The van der Waals surface area contributed by atoms with E-state index < -0.39 is 0 Å². The summed E-state index contributed by atoms with van der Waals surface area (Å²) >= 11 is 0. The molecule has 0 bridgehead atoms. The van der Waals surface area contributed by atoms with Crippen LogP contribution in [-0.2, 0) is 19.1 Å². The Bertz CT molecular complexity index is 668. The third-order valence-corrected chi connectivity index (χ3v) is 8.81. The third-order valence-electron chi connectivity index (χ3n) is 8.81. The van der Waals surface area contributed by atoms with Crippen LogP contribution < -0.4 is 0 Å². The fourth-order valence-corrected chi connectivity index (χ4v) is 6.94. The maximum atomic E-state index is 11.8. The number of fused-ring (bicyclic) bond motifs is 1. The Morgan fingerprint density at radius 2 is 1.76 bits per heavy atom. The van der Waals surface area contributed by atoms with Gasteiger partial charge in [0.05, 0.1) is 0 Å². The van der Waals surface area contributed by atoms with Gasteiger partial charge in [0, 0.05) is 13.8 Å². The van der Waals surface area contributed by atoms with E-state index in [2.05, 4.69) is 33.8 Å². The van der Waals surface area contributed by atoms with Crippen LogP contribution in [0.15, 0.2) is 11.6 Å². The lowest BCUT2D eigenvalue weighted by atomic mass is 9.46. The van der Waals surface area contributed by atoms with Gasteiger partial charge in [-0.05, 0) is 86.9 Å². The molecule has 0 N–H and O–H groups in total. The molecular weight excluding hydrogens is 364 g/mol. The van der Waals surface area contributed by atoms with Crippen LogP contribution in [0.25, 0.3) is 0 Å². The lowest BCUT2D eigenvalue weighted by molar-refractivity contribution is -0.163. The van der Waals surface area contributed by atoms with Gasteiger partial charge in [-0.3, -0.25) is 9.59 Å². The number of ether oxygens (including phenoxy) is 2. The second kappa shape index (κ2) is 8.43. The summed E-state index contributed by atoms with van der Waals surface area (Å²) in [6, 6.07) is 0. The van der Waals surface area contributed by atoms with E-state index in [1.54, 1.807) is 5.57 Å². The molecule has 4 heteroatoms. The van der Waals surface area contributed by atoms with Crippen LogP contribution in [-0.4, -0.2) is 24.1 Å². The Kier molecular flexibility index (Phi) is 6.50. The van der Waals surface area contributed by atoms with E-state index in [-0.39, 0.29) is 40.9 Å². The lowest BCUT2D eigenvalue weighted by Crippen LogP contribution is -2.52. The van der Waals surface area contributed by atoms with E-state index >= 15 is 0 Å². The van der Waals surface area contributed by atoms with E-state index in [0.29, 0.717) is 11.8 Å². The van der Waals surface area contributed by atoms with Crippen LogP contribution >= 0.6 is 0 Å². The molecule has 3 aliphatic carbocycles. The second-order valence-corrected chi connectivity index (χ2v) is 10.5. The first-order valence-corrected chi connectivity index (χ1v) is 11.6. The lowest BCUT2D eigenvalue weighted by Gasteiger charge is -2.59. The van der Waals surface area contributed by atoms with E-state index in [1.165, 1.54) is 39.5 Å². The van der Waals surface area contributed by atoms with E-state index in [1.807, 2.05) is 0 Å². The largest absolute Gasteiger partial charge is 0.463 e. The fourth-order valence-electron chi connectivity index (χ4n) is 6.94. The molecule has 3 aliphatic rings. The first-order chi connectivity index (χ1) is 13.6. The van der Waals surface area contributed by atoms with E-state index in [9.17, 15) is 9.59 Å². The van der Waals surface area contributed by atoms with Crippen molar-refractivity contribution in [1.29, 1.82) is 0 Å². The Morgan fingerprint density at radius 1 is 1.07 bits per heavy atom. The standard InChI is InChI=1S/C25H40O4/c1-16-8-7-9-23-24(16,5)13-12-17(2)25(23,6)15-20-14-21(28-18(3)26)10-11-22(20)29-19(4)27/h8,17,20-23H,7,9-15H2,1-6H3/t17-,20+,21-,22+,23+,24-,25+/m1/s1. The number of carbonyl (C=O) groups is 2. The normalized spacial score (nSPS) is 42.4. The molecule has 0 heterocycles. The highest BCUT2D eigenvalue weighted by Crippen LogP contribution is 2.62. The van der Waals surface area contributed by atoms with Gasteiger partial charge < -0.3 is 9.47 Å². The van der Waals surface area contributed by atoms with Gasteiger partial charge in [0.2, 0.25) is 0 Å². The third kappa shape index (κ3) is 4.41. The van der Waals surface area contributed by atoms with E-state index in [0.717, 1.165) is 25.7 Å². The Hall–Kier alpha value is -1.32. The molecule has 2 fully saturated rings. The molecule has 0 aromatic carbocycles. The summed E-state index contributed by atoms with van der Waals surface area (Å²) in [5.41, 5.74) is 2.04. The van der Waals surface area contributed by atoms with E-state index in [4.69, 9.17) is 9.47 Å². The average Bonchev–Trinajstić information content (AvgIpc) is 2.62. The van der Waals surface area contributed by atoms with Crippen molar-refractivity contribution >= 4 is 11.9 Å². The molecule has 0 saturated heterocycles. The number of hydrogen-bond donors (Lipinski definition) is 0. The smallest absolute Gasteiger partial charge is 0.302 e. The minimum absolute atomic E-state index is 0.0498. The molecule has 164 valence electrons. The van der Waals surface area contributed by atoms with Crippen LogP contribution in [0.4, 0.5) is 0 Å². The van der Waals surface area contributed by atoms with Crippen molar-refractivity contribution in [3.8, 4) is 0 Å². The first-order valence-electron chi connectivity index (χ1n) is 11.6. The van der Waals surface area contributed by atoms with Crippen molar-refractivity contribution in [3.63, 3.8) is 0 Å². The predicted octanol–water partition coefficient (Wildman–Crippen LogP) is 5.84. The molecule has 0 unspecified atom stereocenters. The topological polar surface area (TPSA) is 52.6 Å². The summed E-state index contributed by atoms with van der Waals surface area (Å²) < 4.78 is 11.3. The zero-order valence-corrected chi connectivity index (χ0v) is 19.3. The van der Waals surface area contributed by atoms with Gasteiger partial charge in [-0.15, -0.1) is 0 Å². The summed E-state index contributed by atoms with van der Waals surface area (Å²) in [4.78, 5) is 23.3. The maximum absolute atomic E-state index is 11.8. The molecule has 0 aromatic rings. The van der Waals surface area contributed by atoms with Crippen LogP contribution in [0.1, 0.15) is 92.9 Å². The fraction of sp³-hybridized carbons (Fsp3) is 0.840. The monoisotopic (exact) mass is 404 g/mol. The number of esters is 2. The summed E-state index contributed by atoms with van der Waals surface area (Å²) in [6.07, 6.45) is 10.7. The molecule has 0 aromatic heterocycles. The van der Waals surface area contributed by atoms with Gasteiger partial charge in [-0.25, -0.2) is 0 Å². The molecule has 3 rings (SSSR count). The molecule has 7 atom stereocenters. The molecule has 0 radical (unpaired) electrons. The van der Waals surface area contributed by atoms with Gasteiger partial charge in [0.15, 0.2) is 0 Å². The van der Waals surface area contributed by atoms with Crippen molar-refractivity contribution in [2.24, 2.45) is 28.6 Å². The molecule has 0 amide bonds. The zero-order valence-electron chi connectivity index (χ0n) is 19.3.